The zero-order valence-corrected chi connectivity index (χ0v) is 12.9. The summed E-state index contributed by atoms with van der Waals surface area (Å²) in [5, 5.41) is 11.4. The standard InChI is InChI=1S/C19H20N2O2/c20-16(19(22)23)10-13-7-8-18-15(9-13)14-3-1-2-4-17(14)21(18)11-12-5-6-12/h1-4,7-9,12,16H,5-6,10-11,20H2,(H,22,23). The van der Waals surface area contributed by atoms with Crippen LogP contribution < -0.4 is 5.73 Å². The van der Waals surface area contributed by atoms with E-state index in [-0.39, 0.29) is 0 Å². The first-order valence-corrected chi connectivity index (χ1v) is 8.12. The fourth-order valence-corrected chi connectivity index (χ4v) is 3.32. The lowest BCUT2D eigenvalue weighted by atomic mass is 10.0. The smallest absolute Gasteiger partial charge is 0.320 e. The van der Waals surface area contributed by atoms with Crippen LogP contribution in [-0.4, -0.2) is 21.7 Å². The molecule has 1 saturated carbocycles. The minimum atomic E-state index is -0.957. The first-order chi connectivity index (χ1) is 11.1. The third kappa shape index (κ3) is 2.59. The molecule has 3 N–H and O–H groups in total. The zero-order valence-electron chi connectivity index (χ0n) is 12.9. The lowest BCUT2D eigenvalue weighted by molar-refractivity contribution is -0.138. The van der Waals surface area contributed by atoms with Crippen molar-refractivity contribution in [3.63, 3.8) is 0 Å². The number of carboxylic acid groups (broad SMARTS) is 1. The van der Waals surface area contributed by atoms with Gasteiger partial charge < -0.3 is 15.4 Å². The molecule has 4 heteroatoms. The number of benzene rings is 2. The summed E-state index contributed by atoms with van der Waals surface area (Å²) in [6, 6.07) is 13.8. The maximum atomic E-state index is 11.0. The number of rotatable bonds is 5. The van der Waals surface area contributed by atoms with Gasteiger partial charge in [-0.1, -0.05) is 24.3 Å². The van der Waals surface area contributed by atoms with Gasteiger partial charge in [0.05, 0.1) is 0 Å². The van der Waals surface area contributed by atoms with Crippen molar-refractivity contribution in [2.24, 2.45) is 11.7 Å². The second kappa shape index (κ2) is 5.39. The Morgan fingerprint density at radius 2 is 1.91 bits per heavy atom. The summed E-state index contributed by atoms with van der Waals surface area (Å²) in [6.07, 6.45) is 2.99. The maximum Gasteiger partial charge on any atom is 0.320 e. The number of nitrogens with two attached hydrogens (primary N) is 1. The van der Waals surface area contributed by atoms with Gasteiger partial charge in [-0.05, 0) is 48.9 Å². The number of carboxylic acids is 1. The van der Waals surface area contributed by atoms with E-state index in [4.69, 9.17) is 10.8 Å². The molecule has 0 radical (unpaired) electrons. The third-order valence-electron chi connectivity index (χ3n) is 4.75. The number of hydrogen-bond donors (Lipinski definition) is 2. The summed E-state index contributed by atoms with van der Waals surface area (Å²) in [5.74, 6) is -0.157. The highest BCUT2D eigenvalue weighted by Crippen LogP contribution is 2.36. The first-order valence-electron chi connectivity index (χ1n) is 8.12. The fourth-order valence-electron chi connectivity index (χ4n) is 3.32. The molecule has 23 heavy (non-hydrogen) atoms. The van der Waals surface area contributed by atoms with Crippen LogP contribution in [0.15, 0.2) is 42.5 Å². The molecule has 0 saturated heterocycles. The van der Waals surface area contributed by atoms with Crippen molar-refractivity contribution < 1.29 is 9.90 Å². The molecular weight excluding hydrogens is 288 g/mol. The largest absolute Gasteiger partial charge is 0.480 e. The van der Waals surface area contributed by atoms with Crippen molar-refractivity contribution in [3.8, 4) is 0 Å². The highest BCUT2D eigenvalue weighted by Gasteiger charge is 2.23. The van der Waals surface area contributed by atoms with Crippen LogP contribution in [0.25, 0.3) is 21.8 Å². The molecule has 118 valence electrons. The quantitative estimate of drug-likeness (QED) is 0.761. The summed E-state index contributed by atoms with van der Waals surface area (Å²) >= 11 is 0. The predicted molar refractivity (Wildman–Crippen MR) is 91.5 cm³/mol. The van der Waals surface area contributed by atoms with E-state index >= 15 is 0 Å². The molecule has 0 amide bonds. The van der Waals surface area contributed by atoms with E-state index in [9.17, 15) is 4.79 Å². The van der Waals surface area contributed by atoms with Crippen LogP contribution >= 0.6 is 0 Å². The molecular formula is C19H20N2O2. The summed E-state index contributed by atoms with van der Waals surface area (Å²) in [7, 11) is 0. The van der Waals surface area contributed by atoms with E-state index in [1.54, 1.807) is 0 Å². The molecule has 1 aliphatic rings. The summed E-state index contributed by atoms with van der Waals surface area (Å²) in [5.41, 5.74) is 9.14. The molecule has 0 spiro atoms. The van der Waals surface area contributed by atoms with Gasteiger partial charge in [0.1, 0.15) is 6.04 Å². The monoisotopic (exact) mass is 308 g/mol. The van der Waals surface area contributed by atoms with E-state index in [1.807, 2.05) is 6.07 Å². The molecule has 1 atom stereocenters. The lowest BCUT2D eigenvalue weighted by Gasteiger charge is -2.08. The van der Waals surface area contributed by atoms with Gasteiger partial charge >= 0.3 is 5.97 Å². The van der Waals surface area contributed by atoms with Crippen LogP contribution in [0.1, 0.15) is 18.4 Å². The summed E-state index contributed by atoms with van der Waals surface area (Å²) in [6.45, 7) is 1.07. The van der Waals surface area contributed by atoms with Crippen LogP contribution in [0.2, 0.25) is 0 Å². The topological polar surface area (TPSA) is 68.2 Å². The molecule has 4 rings (SSSR count). The molecule has 1 fully saturated rings. The van der Waals surface area contributed by atoms with Crippen molar-refractivity contribution in [3.05, 3.63) is 48.0 Å². The van der Waals surface area contributed by atoms with Crippen molar-refractivity contribution in [2.45, 2.75) is 31.8 Å². The van der Waals surface area contributed by atoms with E-state index in [0.29, 0.717) is 6.42 Å². The van der Waals surface area contributed by atoms with Gasteiger partial charge in [-0.25, -0.2) is 0 Å². The van der Waals surface area contributed by atoms with Gasteiger partial charge in [0, 0.05) is 28.4 Å². The highest BCUT2D eigenvalue weighted by molar-refractivity contribution is 6.08. The van der Waals surface area contributed by atoms with Crippen LogP contribution in [-0.2, 0) is 17.8 Å². The van der Waals surface area contributed by atoms with Crippen molar-refractivity contribution in [2.75, 3.05) is 0 Å². The number of nitrogens with zero attached hydrogens (tertiary/aromatic N) is 1. The van der Waals surface area contributed by atoms with Crippen LogP contribution in [0.4, 0.5) is 0 Å². The van der Waals surface area contributed by atoms with Gasteiger partial charge in [0.15, 0.2) is 0 Å². The lowest BCUT2D eigenvalue weighted by Crippen LogP contribution is -2.32. The Morgan fingerprint density at radius 1 is 1.17 bits per heavy atom. The minimum Gasteiger partial charge on any atom is -0.480 e. The minimum absolute atomic E-state index is 0.355. The number of fused-ring (bicyclic) bond motifs is 3. The van der Waals surface area contributed by atoms with Crippen molar-refractivity contribution >= 4 is 27.8 Å². The molecule has 3 aromatic rings. The molecule has 0 aliphatic heterocycles. The summed E-state index contributed by atoms with van der Waals surface area (Å²) in [4.78, 5) is 11.0. The Kier molecular flexibility index (Phi) is 3.34. The Hall–Kier alpha value is -2.33. The normalized spacial score (nSPS) is 16.0. The second-order valence-corrected chi connectivity index (χ2v) is 6.57. The van der Waals surface area contributed by atoms with E-state index in [1.165, 1.54) is 34.6 Å². The number of para-hydroxylation sites is 1. The van der Waals surface area contributed by atoms with Crippen molar-refractivity contribution in [1.29, 1.82) is 0 Å². The molecule has 4 nitrogen and oxygen atoms in total. The van der Waals surface area contributed by atoms with Crippen molar-refractivity contribution in [1.82, 2.24) is 4.57 Å². The van der Waals surface area contributed by atoms with Crippen LogP contribution in [0.5, 0.6) is 0 Å². The molecule has 1 aliphatic carbocycles. The Balaban J connectivity index is 1.84. The molecule has 1 unspecified atom stereocenters. The Morgan fingerprint density at radius 3 is 2.65 bits per heavy atom. The zero-order chi connectivity index (χ0) is 16.0. The number of hydrogen-bond acceptors (Lipinski definition) is 2. The molecule has 1 heterocycles. The number of aliphatic carboxylic acids is 1. The molecule has 1 aromatic heterocycles. The van der Waals surface area contributed by atoms with Gasteiger partial charge in [0.25, 0.3) is 0 Å². The Labute approximate surface area is 134 Å². The molecule has 2 aromatic carbocycles. The van der Waals surface area contributed by atoms with Gasteiger partial charge in [0.2, 0.25) is 0 Å². The van der Waals surface area contributed by atoms with Gasteiger partial charge in [-0.3, -0.25) is 4.79 Å². The second-order valence-electron chi connectivity index (χ2n) is 6.57. The average Bonchev–Trinajstić information content (AvgIpc) is 3.31. The van der Waals surface area contributed by atoms with E-state index < -0.39 is 12.0 Å². The average molecular weight is 308 g/mol. The SMILES string of the molecule is NC(Cc1ccc2c(c1)c1ccccc1n2CC1CC1)C(=O)O. The van der Waals surface area contributed by atoms with E-state index in [0.717, 1.165) is 18.0 Å². The number of carbonyl (C=O) groups is 1. The van der Waals surface area contributed by atoms with Gasteiger partial charge in [-0.15, -0.1) is 0 Å². The maximum absolute atomic E-state index is 11.0. The summed E-state index contributed by atoms with van der Waals surface area (Å²) < 4.78 is 2.41. The predicted octanol–water partition coefficient (Wildman–Crippen LogP) is 3.16. The van der Waals surface area contributed by atoms with Crippen LogP contribution in [0.3, 0.4) is 0 Å². The van der Waals surface area contributed by atoms with E-state index in [2.05, 4.69) is 41.0 Å². The first kappa shape index (κ1) is 14.3. The fraction of sp³-hybridized carbons (Fsp3) is 0.316. The van der Waals surface area contributed by atoms with Gasteiger partial charge in [-0.2, -0.15) is 0 Å². The highest BCUT2D eigenvalue weighted by atomic mass is 16.4. The molecule has 0 bridgehead atoms. The third-order valence-corrected chi connectivity index (χ3v) is 4.75. The van der Waals surface area contributed by atoms with Crippen LogP contribution in [0, 0.1) is 5.92 Å². The Bertz CT molecular complexity index is 893. The number of aromatic nitrogens is 1.